The van der Waals surface area contributed by atoms with Crippen LogP contribution in [0.4, 0.5) is 0 Å². The second-order valence-electron chi connectivity index (χ2n) is 4.32. The molecule has 0 aliphatic rings. The van der Waals surface area contributed by atoms with Gasteiger partial charge in [-0.15, -0.1) is 0 Å². The topological polar surface area (TPSA) is 30.5 Å². The van der Waals surface area contributed by atoms with E-state index >= 15 is 0 Å². The van der Waals surface area contributed by atoms with Crippen molar-refractivity contribution < 1.29 is 9.47 Å². The first kappa shape index (κ1) is 13.8. The molecule has 17 heavy (non-hydrogen) atoms. The van der Waals surface area contributed by atoms with E-state index in [1.807, 2.05) is 32.0 Å². The van der Waals surface area contributed by atoms with Gasteiger partial charge in [0.2, 0.25) is 0 Å². The molecule has 0 amide bonds. The summed E-state index contributed by atoms with van der Waals surface area (Å²) in [6.45, 7) is 8.05. The molecule has 0 aliphatic heterocycles. The van der Waals surface area contributed by atoms with Gasteiger partial charge in [-0.25, -0.2) is 0 Å². The number of benzene rings is 1. The molecule has 96 valence electrons. The number of hydrogen-bond donors (Lipinski definition) is 1. The molecule has 0 aromatic heterocycles. The maximum absolute atomic E-state index is 5.78. The predicted molar refractivity (Wildman–Crippen MR) is 70.8 cm³/mol. The average molecular weight is 237 g/mol. The van der Waals surface area contributed by atoms with Gasteiger partial charge in [0, 0.05) is 12.1 Å². The minimum absolute atomic E-state index is 0.188. The fourth-order valence-corrected chi connectivity index (χ4v) is 1.59. The van der Waals surface area contributed by atoms with Crippen LogP contribution >= 0.6 is 0 Å². The first-order valence-corrected chi connectivity index (χ1v) is 6.21. The Labute approximate surface area is 104 Å². The molecule has 0 bridgehead atoms. The lowest BCUT2D eigenvalue weighted by molar-refractivity contribution is 0.239. The van der Waals surface area contributed by atoms with Gasteiger partial charge in [-0.3, -0.25) is 0 Å². The van der Waals surface area contributed by atoms with Crippen LogP contribution in [0.25, 0.3) is 0 Å². The SMILES string of the molecule is CCCNCc1cc(OC)ccc1OC(C)C. The summed E-state index contributed by atoms with van der Waals surface area (Å²) in [5.74, 6) is 1.80. The fourth-order valence-electron chi connectivity index (χ4n) is 1.59. The van der Waals surface area contributed by atoms with Crippen molar-refractivity contribution in [3.05, 3.63) is 23.8 Å². The summed E-state index contributed by atoms with van der Waals surface area (Å²) in [6.07, 6.45) is 1.32. The number of ether oxygens (including phenoxy) is 2. The summed E-state index contributed by atoms with van der Waals surface area (Å²) in [6, 6.07) is 5.93. The molecular formula is C14H23NO2. The highest BCUT2D eigenvalue weighted by Crippen LogP contribution is 2.25. The summed E-state index contributed by atoms with van der Waals surface area (Å²) in [7, 11) is 1.68. The molecule has 0 atom stereocenters. The Morgan fingerprint density at radius 2 is 2.06 bits per heavy atom. The van der Waals surface area contributed by atoms with Gasteiger partial charge < -0.3 is 14.8 Å². The smallest absolute Gasteiger partial charge is 0.124 e. The second-order valence-corrected chi connectivity index (χ2v) is 4.32. The van der Waals surface area contributed by atoms with Gasteiger partial charge in [0.1, 0.15) is 11.5 Å². The van der Waals surface area contributed by atoms with Crippen LogP contribution in [0, 0.1) is 0 Å². The van der Waals surface area contributed by atoms with Crippen molar-refractivity contribution in [2.75, 3.05) is 13.7 Å². The molecule has 0 radical (unpaired) electrons. The molecule has 0 fully saturated rings. The summed E-state index contributed by atoms with van der Waals surface area (Å²) in [5.41, 5.74) is 1.14. The van der Waals surface area contributed by atoms with Crippen molar-refractivity contribution in [1.82, 2.24) is 5.32 Å². The molecule has 0 saturated carbocycles. The fraction of sp³-hybridized carbons (Fsp3) is 0.571. The average Bonchev–Trinajstić information content (AvgIpc) is 2.30. The molecular weight excluding hydrogens is 214 g/mol. The van der Waals surface area contributed by atoms with Crippen LogP contribution in [-0.4, -0.2) is 19.8 Å². The largest absolute Gasteiger partial charge is 0.497 e. The predicted octanol–water partition coefficient (Wildman–Crippen LogP) is 2.98. The Morgan fingerprint density at radius 3 is 2.65 bits per heavy atom. The third-order valence-corrected chi connectivity index (χ3v) is 2.37. The first-order chi connectivity index (χ1) is 8.17. The van der Waals surface area contributed by atoms with E-state index in [-0.39, 0.29) is 6.10 Å². The summed E-state index contributed by atoms with van der Waals surface area (Å²) < 4.78 is 11.0. The van der Waals surface area contributed by atoms with E-state index in [0.717, 1.165) is 36.6 Å². The van der Waals surface area contributed by atoms with Crippen LogP contribution in [0.1, 0.15) is 32.8 Å². The quantitative estimate of drug-likeness (QED) is 0.740. The van der Waals surface area contributed by atoms with E-state index in [2.05, 4.69) is 12.2 Å². The van der Waals surface area contributed by atoms with Crippen LogP contribution in [0.15, 0.2) is 18.2 Å². The highest BCUT2D eigenvalue weighted by molar-refractivity contribution is 5.40. The molecule has 0 saturated heterocycles. The normalized spacial score (nSPS) is 10.6. The number of methoxy groups -OCH3 is 1. The van der Waals surface area contributed by atoms with Gasteiger partial charge in [-0.2, -0.15) is 0 Å². The van der Waals surface area contributed by atoms with Crippen molar-refractivity contribution in [3.63, 3.8) is 0 Å². The van der Waals surface area contributed by atoms with E-state index < -0.39 is 0 Å². The zero-order chi connectivity index (χ0) is 12.7. The van der Waals surface area contributed by atoms with Crippen molar-refractivity contribution in [2.45, 2.75) is 39.8 Å². The molecule has 0 unspecified atom stereocenters. The number of hydrogen-bond acceptors (Lipinski definition) is 3. The van der Waals surface area contributed by atoms with E-state index in [4.69, 9.17) is 9.47 Å². The molecule has 0 spiro atoms. The van der Waals surface area contributed by atoms with Crippen molar-refractivity contribution in [3.8, 4) is 11.5 Å². The first-order valence-electron chi connectivity index (χ1n) is 6.21. The van der Waals surface area contributed by atoms with E-state index in [1.54, 1.807) is 7.11 Å². The van der Waals surface area contributed by atoms with Crippen molar-refractivity contribution in [1.29, 1.82) is 0 Å². The van der Waals surface area contributed by atoms with Crippen LogP contribution in [-0.2, 0) is 6.54 Å². The monoisotopic (exact) mass is 237 g/mol. The molecule has 0 heterocycles. The van der Waals surface area contributed by atoms with Crippen LogP contribution in [0.5, 0.6) is 11.5 Å². The minimum Gasteiger partial charge on any atom is -0.497 e. The molecule has 3 heteroatoms. The van der Waals surface area contributed by atoms with Gasteiger partial charge in [-0.1, -0.05) is 6.92 Å². The van der Waals surface area contributed by atoms with Gasteiger partial charge in [0.05, 0.1) is 13.2 Å². The Balaban J connectivity index is 2.79. The van der Waals surface area contributed by atoms with Gasteiger partial charge in [-0.05, 0) is 45.0 Å². The second kappa shape index (κ2) is 7.17. The van der Waals surface area contributed by atoms with Crippen molar-refractivity contribution >= 4 is 0 Å². The molecule has 1 aromatic rings. The third-order valence-electron chi connectivity index (χ3n) is 2.37. The van der Waals surface area contributed by atoms with Gasteiger partial charge >= 0.3 is 0 Å². The maximum Gasteiger partial charge on any atom is 0.124 e. The highest BCUT2D eigenvalue weighted by Gasteiger charge is 2.07. The highest BCUT2D eigenvalue weighted by atomic mass is 16.5. The number of rotatable bonds is 7. The Hall–Kier alpha value is -1.22. The Bertz CT molecular complexity index is 337. The summed E-state index contributed by atoms with van der Waals surface area (Å²) >= 11 is 0. The molecule has 1 aromatic carbocycles. The standard InChI is InChI=1S/C14H23NO2/c1-5-8-15-10-12-9-13(16-4)6-7-14(12)17-11(2)3/h6-7,9,11,15H,5,8,10H2,1-4H3. The maximum atomic E-state index is 5.78. The van der Waals surface area contributed by atoms with Crippen molar-refractivity contribution in [2.24, 2.45) is 0 Å². The van der Waals surface area contributed by atoms with Crippen LogP contribution in [0.3, 0.4) is 0 Å². The Morgan fingerprint density at radius 1 is 1.29 bits per heavy atom. The summed E-state index contributed by atoms with van der Waals surface area (Å²) in [5, 5.41) is 3.38. The molecule has 0 aliphatic carbocycles. The third kappa shape index (κ3) is 4.65. The van der Waals surface area contributed by atoms with Crippen LogP contribution < -0.4 is 14.8 Å². The molecule has 1 N–H and O–H groups in total. The summed E-state index contributed by atoms with van der Waals surface area (Å²) in [4.78, 5) is 0. The molecule has 3 nitrogen and oxygen atoms in total. The van der Waals surface area contributed by atoms with E-state index in [0.29, 0.717) is 0 Å². The lowest BCUT2D eigenvalue weighted by Gasteiger charge is -2.15. The number of nitrogens with one attached hydrogen (secondary N) is 1. The zero-order valence-corrected chi connectivity index (χ0v) is 11.2. The lowest BCUT2D eigenvalue weighted by Crippen LogP contribution is -2.16. The van der Waals surface area contributed by atoms with E-state index in [1.165, 1.54) is 0 Å². The van der Waals surface area contributed by atoms with Crippen LogP contribution in [0.2, 0.25) is 0 Å². The molecule has 1 rings (SSSR count). The van der Waals surface area contributed by atoms with E-state index in [9.17, 15) is 0 Å². The Kier molecular flexibility index (Phi) is 5.84. The minimum atomic E-state index is 0.188. The van der Waals surface area contributed by atoms with Gasteiger partial charge in [0.15, 0.2) is 0 Å². The van der Waals surface area contributed by atoms with Gasteiger partial charge in [0.25, 0.3) is 0 Å². The zero-order valence-electron chi connectivity index (χ0n) is 11.2. The lowest BCUT2D eigenvalue weighted by atomic mass is 10.2.